The van der Waals surface area contributed by atoms with Crippen molar-refractivity contribution in [3.05, 3.63) is 0 Å². The molecule has 0 amide bonds. The molecular weight excluding hydrogens is 394 g/mol. The number of esters is 1. The number of ether oxygens (including phenoxy) is 1. The first-order valence-electron chi connectivity index (χ1n) is 9.06. The number of carboxylic acid groups (broad SMARTS) is 1. The third kappa shape index (κ3) is 23.0. The molecule has 1 unspecified atom stereocenters. The molecule has 10 heteroatoms. The van der Waals surface area contributed by atoms with Gasteiger partial charge in [0, 0.05) is 12.4 Å². The van der Waals surface area contributed by atoms with Crippen LogP contribution in [-0.4, -0.2) is 37.3 Å². The molecule has 0 saturated carbocycles. The molecule has 0 aliphatic heterocycles. The normalized spacial score (nSPS) is 11.8. The van der Waals surface area contributed by atoms with Crippen molar-refractivity contribution in [3.63, 3.8) is 0 Å². The molecule has 27 heavy (non-hydrogen) atoms. The van der Waals surface area contributed by atoms with Gasteiger partial charge in [0.15, 0.2) is 0 Å². The topological polar surface area (TPSA) is 124 Å². The Kier molecular flexibility index (Phi) is 24.2. The van der Waals surface area contributed by atoms with Crippen LogP contribution in [0.4, 0.5) is 0 Å². The average Bonchev–Trinajstić information content (AvgIpc) is 2.50. The molecule has 0 bridgehead atoms. The average molecular weight is 424 g/mol. The van der Waals surface area contributed by atoms with Gasteiger partial charge in [-0.1, -0.05) is 64.7 Å². The van der Waals surface area contributed by atoms with Crippen molar-refractivity contribution in [2.75, 3.05) is 12.4 Å². The van der Waals surface area contributed by atoms with Crippen LogP contribution in [0.5, 0.6) is 0 Å². The van der Waals surface area contributed by atoms with Crippen LogP contribution < -0.4 is 64.2 Å². The third-order valence-corrected chi connectivity index (χ3v) is 4.70. The second-order valence-electron chi connectivity index (χ2n) is 6.35. The van der Waals surface area contributed by atoms with E-state index >= 15 is 0 Å². The molecule has 0 rings (SSSR count). The van der Waals surface area contributed by atoms with Gasteiger partial charge in [-0.05, 0) is 6.42 Å². The molecule has 0 saturated heterocycles. The summed E-state index contributed by atoms with van der Waals surface area (Å²) < 4.78 is 37.0. The van der Waals surface area contributed by atoms with Crippen molar-refractivity contribution >= 4 is 22.1 Å². The van der Waals surface area contributed by atoms with Crippen LogP contribution in [0, 0.1) is 5.92 Å². The first-order chi connectivity index (χ1) is 11.8. The van der Waals surface area contributed by atoms with E-state index in [-0.39, 0.29) is 65.7 Å². The van der Waals surface area contributed by atoms with E-state index in [0.717, 1.165) is 19.3 Å². The fourth-order valence-electron chi connectivity index (χ4n) is 2.54. The standard InChI is InChI=1S/C17H32O7S.2Na/c1-2-3-4-5-6-7-8-9-10-11-12-24-17(20)15(13-16(18)19)14-25(21,22)23;;/h15H,2-14H2,1H3,(H,18,19)(H,21,22,23);;/q;2*+1/p-2. The zero-order chi connectivity index (χ0) is 19.1. The number of rotatable bonds is 16. The summed E-state index contributed by atoms with van der Waals surface area (Å²) in [5.41, 5.74) is 0. The van der Waals surface area contributed by atoms with Crippen LogP contribution in [0.1, 0.15) is 77.6 Å². The predicted molar refractivity (Wildman–Crippen MR) is 90.5 cm³/mol. The number of carboxylic acids is 1. The van der Waals surface area contributed by atoms with Crippen molar-refractivity contribution in [1.82, 2.24) is 0 Å². The van der Waals surface area contributed by atoms with Crippen molar-refractivity contribution in [2.24, 2.45) is 5.92 Å². The second-order valence-corrected chi connectivity index (χ2v) is 7.80. The fraction of sp³-hybridized carbons (Fsp3) is 0.882. The smallest absolute Gasteiger partial charge is 0.748 e. The van der Waals surface area contributed by atoms with E-state index < -0.39 is 40.1 Å². The maximum atomic E-state index is 11.7. The van der Waals surface area contributed by atoms with Gasteiger partial charge in [0.1, 0.15) is 0 Å². The molecule has 0 aliphatic carbocycles. The summed E-state index contributed by atoms with van der Waals surface area (Å²) in [5, 5.41) is 10.5. The zero-order valence-corrected chi connectivity index (χ0v) is 21.9. The van der Waals surface area contributed by atoms with E-state index in [9.17, 15) is 27.7 Å². The minimum absolute atomic E-state index is 0. The number of aliphatic carboxylic acids is 1. The zero-order valence-electron chi connectivity index (χ0n) is 17.0. The Morgan fingerprint density at radius 2 is 1.33 bits per heavy atom. The van der Waals surface area contributed by atoms with Gasteiger partial charge in [-0.15, -0.1) is 0 Å². The largest absolute Gasteiger partial charge is 1.00 e. The van der Waals surface area contributed by atoms with Gasteiger partial charge >= 0.3 is 65.1 Å². The molecule has 0 fully saturated rings. The molecule has 0 N–H and O–H groups in total. The van der Waals surface area contributed by atoms with Gasteiger partial charge in [-0.2, -0.15) is 0 Å². The number of unbranched alkanes of at least 4 members (excludes halogenated alkanes) is 9. The number of carbonyl (C=O) groups excluding carboxylic acids is 2. The van der Waals surface area contributed by atoms with Crippen LogP contribution in [0.25, 0.3) is 0 Å². The van der Waals surface area contributed by atoms with E-state index in [0.29, 0.717) is 6.42 Å². The van der Waals surface area contributed by atoms with Gasteiger partial charge in [-0.25, -0.2) is 8.42 Å². The monoisotopic (exact) mass is 424 g/mol. The molecule has 1 atom stereocenters. The molecular formula is C17H30Na2O7S. The van der Waals surface area contributed by atoms with Gasteiger partial charge in [0.2, 0.25) is 0 Å². The number of carbonyl (C=O) groups is 2. The quantitative estimate of drug-likeness (QED) is 0.106. The van der Waals surface area contributed by atoms with Crippen molar-refractivity contribution in [1.29, 1.82) is 0 Å². The van der Waals surface area contributed by atoms with Gasteiger partial charge in [0.25, 0.3) is 0 Å². The minimum Gasteiger partial charge on any atom is -0.748 e. The van der Waals surface area contributed by atoms with E-state index in [1.165, 1.54) is 38.5 Å². The molecule has 7 nitrogen and oxygen atoms in total. The Balaban J connectivity index is -0.00000288. The van der Waals surface area contributed by atoms with E-state index in [2.05, 4.69) is 6.92 Å². The first-order valence-corrected chi connectivity index (χ1v) is 10.6. The van der Waals surface area contributed by atoms with Crippen LogP contribution in [-0.2, 0) is 24.4 Å². The number of hydrogen-bond donors (Lipinski definition) is 0. The fourth-order valence-corrected chi connectivity index (χ4v) is 3.28. The van der Waals surface area contributed by atoms with Crippen LogP contribution in [0.2, 0.25) is 0 Å². The Bertz CT molecular complexity index is 484. The van der Waals surface area contributed by atoms with Crippen LogP contribution in [0.15, 0.2) is 0 Å². The van der Waals surface area contributed by atoms with Gasteiger partial charge in [-0.3, -0.25) is 4.79 Å². The Morgan fingerprint density at radius 1 is 0.889 bits per heavy atom. The predicted octanol–water partition coefficient (Wildman–Crippen LogP) is -4.24. The summed E-state index contributed by atoms with van der Waals surface area (Å²) >= 11 is 0. The summed E-state index contributed by atoms with van der Waals surface area (Å²) in [6.45, 7) is 2.28. The van der Waals surface area contributed by atoms with Crippen molar-refractivity contribution in [3.8, 4) is 0 Å². The SMILES string of the molecule is CCCCCCCCCCCCOC(=O)C(CC(=O)[O-])CS(=O)(=O)[O-].[Na+].[Na+]. The van der Waals surface area contributed by atoms with Gasteiger partial charge in [0.05, 0.1) is 28.4 Å². The molecule has 0 aromatic rings. The van der Waals surface area contributed by atoms with Crippen LogP contribution >= 0.6 is 0 Å². The van der Waals surface area contributed by atoms with E-state index in [1.807, 2.05) is 0 Å². The Hall–Kier alpha value is 0.850. The molecule has 0 spiro atoms. The molecule has 148 valence electrons. The molecule has 0 aromatic heterocycles. The second kappa shape index (κ2) is 20.1. The summed E-state index contributed by atoms with van der Waals surface area (Å²) in [7, 11) is -4.71. The van der Waals surface area contributed by atoms with Crippen molar-refractivity contribution in [2.45, 2.75) is 77.6 Å². The first kappa shape index (κ1) is 32.5. The summed E-state index contributed by atoms with van der Waals surface area (Å²) in [4.78, 5) is 22.2. The van der Waals surface area contributed by atoms with Gasteiger partial charge < -0.3 is 19.2 Å². The van der Waals surface area contributed by atoms with E-state index in [4.69, 9.17) is 4.74 Å². The Morgan fingerprint density at radius 3 is 1.74 bits per heavy atom. The molecule has 0 radical (unpaired) electrons. The molecule has 0 aromatic carbocycles. The summed E-state index contributed by atoms with van der Waals surface area (Å²) in [6.07, 6.45) is 10.4. The molecule has 0 aliphatic rings. The maximum Gasteiger partial charge on any atom is 1.00 e. The summed E-state index contributed by atoms with van der Waals surface area (Å²) in [5.74, 6) is -5.16. The molecule has 0 heterocycles. The third-order valence-electron chi connectivity index (χ3n) is 3.89. The Labute approximate surface area is 207 Å². The van der Waals surface area contributed by atoms with Crippen LogP contribution in [0.3, 0.4) is 0 Å². The minimum atomic E-state index is -4.71. The maximum absolute atomic E-state index is 11.7. The number of hydrogen-bond acceptors (Lipinski definition) is 7. The summed E-state index contributed by atoms with van der Waals surface area (Å²) in [6, 6.07) is 0. The van der Waals surface area contributed by atoms with Crippen molar-refractivity contribution < 1.29 is 91.5 Å². The van der Waals surface area contributed by atoms with E-state index in [1.54, 1.807) is 0 Å².